The van der Waals surface area contributed by atoms with Gasteiger partial charge in [-0.1, -0.05) is 0 Å². The monoisotopic (exact) mass is 293 g/mol. The molecule has 4 heteroatoms. The molecule has 1 N–H and O–H groups in total. The van der Waals surface area contributed by atoms with E-state index in [2.05, 4.69) is 57.8 Å². The van der Waals surface area contributed by atoms with Crippen LogP contribution >= 0.6 is 15.9 Å². The van der Waals surface area contributed by atoms with Crippen molar-refractivity contribution in [3.05, 3.63) is 46.0 Å². The van der Waals surface area contributed by atoms with E-state index in [9.17, 15) is 0 Å². The summed E-state index contributed by atoms with van der Waals surface area (Å²) in [6.07, 6.45) is 1.83. The number of rotatable bonds is 3. The Morgan fingerprint density at radius 2 is 2.12 bits per heavy atom. The molecule has 0 fully saturated rings. The third-order valence-corrected chi connectivity index (χ3v) is 3.56. The molecule has 0 aliphatic carbocycles. The molecular weight excluding hydrogens is 278 g/mol. The number of hydrogen-bond donors (Lipinski definition) is 1. The topological polar surface area (TPSA) is 29.9 Å². The Labute approximate surface area is 110 Å². The van der Waals surface area contributed by atoms with Crippen LogP contribution in [-0.4, -0.2) is 9.55 Å². The number of anilines is 1. The van der Waals surface area contributed by atoms with E-state index in [-0.39, 0.29) is 0 Å². The van der Waals surface area contributed by atoms with E-state index in [0.29, 0.717) is 0 Å². The molecule has 90 valence electrons. The van der Waals surface area contributed by atoms with Gasteiger partial charge in [0.05, 0.1) is 11.9 Å². The number of nitrogens with zero attached hydrogens (tertiary/aromatic N) is 2. The highest BCUT2D eigenvalue weighted by Crippen LogP contribution is 2.16. The molecule has 0 spiro atoms. The highest BCUT2D eigenvalue weighted by Gasteiger charge is 2.05. The molecule has 0 aliphatic rings. The fraction of sp³-hybridized carbons (Fsp3) is 0.308. The Morgan fingerprint density at radius 1 is 1.35 bits per heavy atom. The minimum Gasteiger partial charge on any atom is -0.380 e. The van der Waals surface area contributed by atoms with Crippen molar-refractivity contribution in [1.29, 1.82) is 0 Å². The van der Waals surface area contributed by atoms with E-state index in [1.54, 1.807) is 0 Å². The number of nitrogens with one attached hydrogen (secondary N) is 1. The molecule has 3 nitrogen and oxygen atoms in total. The van der Waals surface area contributed by atoms with Crippen molar-refractivity contribution in [3.63, 3.8) is 0 Å². The fourth-order valence-corrected chi connectivity index (χ4v) is 2.02. The SMILES string of the molecule is Cc1cc(CNc2ccc(Br)nc2)c(C)n1C. The molecule has 0 unspecified atom stereocenters. The van der Waals surface area contributed by atoms with E-state index in [0.717, 1.165) is 16.8 Å². The summed E-state index contributed by atoms with van der Waals surface area (Å²) in [5, 5.41) is 3.37. The van der Waals surface area contributed by atoms with Crippen molar-refractivity contribution >= 4 is 21.6 Å². The summed E-state index contributed by atoms with van der Waals surface area (Å²) < 4.78 is 3.06. The lowest BCUT2D eigenvalue weighted by atomic mass is 10.2. The van der Waals surface area contributed by atoms with Crippen molar-refractivity contribution in [2.45, 2.75) is 20.4 Å². The van der Waals surface area contributed by atoms with Gasteiger partial charge in [0.1, 0.15) is 4.60 Å². The number of hydrogen-bond acceptors (Lipinski definition) is 2. The first-order valence-electron chi connectivity index (χ1n) is 5.55. The van der Waals surface area contributed by atoms with Gasteiger partial charge in [-0.3, -0.25) is 0 Å². The highest BCUT2D eigenvalue weighted by atomic mass is 79.9. The molecule has 0 saturated heterocycles. The van der Waals surface area contributed by atoms with Crippen LogP contribution in [0.4, 0.5) is 5.69 Å². The molecule has 0 atom stereocenters. The van der Waals surface area contributed by atoms with Gasteiger partial charge >= 0.3 is 0 Å². The lowest BCUT2D eigenvalue weighted by Gasteiger charge is -2.06. The van der Waals surface area contributed by atoms with Crippen molar-refractivity contribution in [2.75, 3.05) is 5.32 Å². The van der Waals surface area contributed by atoms with Gasteiger partial charge < -0.3 is 9.88 Å². The van der Waals surface area contributed by atoms with E-state index >= 15 is 0 Å². The fourth-order valence-electron chi connectivity index (χ4n) is 1.79. The molecule has 0 bridgehead atoms. The van der Waals surface area contributed by atoms with Gasteiger partial charge in [0.15, 0.2) is 0 Å². The van der Waals surface area contributed by atoms with E-state index in [1.807, 2.05) is 18.3 Å². The molecule has 0 amide bonds. The summed E-state index contributed by atoms with van der Waals surface area (Å²) in [4.78, 5) is 4.19. The molecule has 2 rings (SSSR count). The summed E-state index contributed by atoms with van der Waals surface area (Å²) in [7, 11) is 2.09. The van der Waals surface area contributed by atoms with Gasteiger partial charge in [0, 0.05) is 25.0 Å². The Balaban J connectivity index is 2.07. The van der Waals surface area contributed by atoms with E-state index in [1.165, 1.54) is 17.0 Å². The Bertz CT molecular complexity index is 514. The van der Waals surface area contributed by atoms with Crippen LogP contribution in [0.2, 0.25) is 0 Å². The van der Waals surface area contributed by atoms with Crippen molar-refractivity contribution in [2.24, 2.45) is 7.05 Å². The molecule has 0 saturated carbocycles. The molecule has 0 aliphatic heterocycles. The van der Waals surface area contributed by atoms with Crippen LogP contribution in [0.25, 0.3) is 0 Å². The predicted molar refractivity (Wildman–Crippen MR) is 74.2 cm³/mol. The number of aryl methyl sites for hydroxylation is 1. The van der Waals surface area contributed by atoms with Crippen LogP contribution in [0.15, 0.2) is 29.0 Å². The summed E-state index contributed by atoms with van der Waals surface area (Å²) >= 11 is 3.32. The molecule has 2 heterocycles. The quantitative estimate of drug-likeness (QED) is 0.879. The number of aromatic nitrogens is 2. The number of halogens is 1. The molecule has 0 aromatic carbocycles. The van der Waals surface area contributed by atoms with Crippen LogP contribution in [0, 0.1) is 13.8 Å². The summed E-state index contributed by atoms with van der Waals surface area (Å²) in [5.41, 5.74) is 4.95. The smallest absolute Gasteiger partial charge is 0.106 e. The third-order valence-electron chi connectivity index (χ3n) is 3.09. The summed E-state index contributed by atoms with van der Waals surface area (Å²) in [5.74, 6) is 0. The summed E-state index contributed by atoms with van der Waals surface area (Å²) in [6.45, 7) is 5.10. The second-order valence-electron chi connectivity index (χ2n) is 4.18. The minimum atomic E-state index is 0.830. The Morgan fingerprint density at radius 3 is 2.65 bits per heavy atom. The normalized spacial score (nSPS) is 10.6. The lowest BCUT2D eigenvalue weighted by Crippen LogP contribution is -2.01. The van der Waals surface area contributed by atoms with Crippen molar-refractivity contribution < 1.29 is 0 Å². The van der Waals surface area contributed by atoms with Crippen LogP contribution in [0.1, 0.15) is 17.0 Å². The molecule has 0 radical (unpaired) electrons. The first-order valence-corrected chi connectivity index (χ1v) is 6.34. The first kappa shape index (κ1) is 12.2. The van der Waals surface area contributed by atoms with Crippen LogP contribution in [-0.2, 0) is 13.6 Å². The first-order chi connectivity index (χ1) is 8.08. The van der Waals surface area contributed by atoms with E-state index < -0.39 is 0 Å². The lowest BCUT2D eigenvalue weighted by molar-refractivity contribution is 0.837. The Kier molecular flexibility index (Phi) is 3.52. The standard InChI is InChI=1S/C13H16BrN3/c1-9-6-11(10(2)17(9)3)7-15-12-4-5-13(14)16-8-12/h4-6,8,15H,7H2,1-3H3. The molecule has 2 aromatic rings. The van der Waals surface area contributed by atoms with Gasteiger partial charge in [-0.25, -0.2) is 4.98 Å². The minimum absolute atomic E-state index is 0.830. The molecular formula is C13H16BrN3. The zero-order valence-corrected chi connectivity index (χ0v) is 11.9. The zero-order chi connectivity index (χ0) is 12.4. The largest absolute Gasteiger partial charge is 0.380 e. The van der Waals surface area contributed by atoms with Crippen molar-refractivity contribution in [1.82, 2.24) is 9.55 Å². The maximum atomic E-state index is 4.19. The maximum absolute atomic E-state index is 4.19. The molecule has 17 heavy (non-hydrogen) atoms. The average Bonchev–Trinajstić information content (AvgIpc) is 2.56. The van der Waals surface area contributed by atoms with Crippen LogP contribution in [0.5, 0.6) is 0 Å². The van der Waals surface area contributed by atoms with Gasteiger partial charge in [-0.05, 0) is 53.5 Å². The van der Waals surface area contributed by atoms with Gasteiger partial charge in [-0.2, -0.15) is 0 Å². The van der Waals surface area contributed by atoms with E-state index in [4.69, 9.17) is 0 Å². The second-order valence-corrected chi connectivity index (χ2v) is 4.99. The number of pyridine rings is 1. The zero-order valence-electron chi connectivity index (χ0n) is 10.3. The predicted octanol–water partition coefficient (Wildman–Crippen LogP) is 3.41. The highest BCUT2D eigenvalue weighted by molar-refractivity contribution is 9.10. The van der Waals surface area contributed by atoms with Gasteiger partial charge in [0.25, 0.3) is 0 Å². The van der Waals surface area contributed by atoms with Gasteiger partial charge in [0.2, 0.25) is 0 Å². The van der Waals surface area contributed by atoms with Crippen LogP contribution in [0.3, 0.4) is 0 Å². The van der Waals surface area contributed by atoms with Gasteiger partial charge in [-0.15, -0.1) is 0 Å². The van der Waals surface area contributed by atoms with Crippen molar-refractivity contribution in [3.8, 4) is 0 Å². The second kappa shape index (κ2) is 4.92. The maximum Gasteiger partial charge on any atom is 0.106 e. The van der Waals surface area contributed by atoms with Crippen LogP contribution < -0.4 is 5.32 Å². The Hall–Kier alpha value is -1.29. The summed E-state index contributed by atoms with van der Waals surface area (Å²) in [6, 6.07) is 6.17. The average molecular weight is 294 g/mol. The molecule has 2 aromatic heterocycles. The third kappa shape index (κ3) is 2.69.